The molecule has 2 N–H and O–H groups in total. The number of rotatable bonds is 1. The lowest BCUT2D eigenvalue weighted by Gasteiger charge is -2.24. The summed E-state index contributed by atoms with van der Waals surface area (Å²) in [6.07, 6.45) is 3.00. The summed E-state index contributed by atoms with van der Waals surface area (Å²) in [6, 6.07) is -0.0544. The van der Waals surface area contributed by atoms with Gasteiger partial charge in [0.2, 0.25) is 0 Å². The SMILES string of the molecule is CC(C)(C)C(N)c1cocn1. The van der Waals surface area contributed by atoms with Gasteiger partial charge in [-0.25, -0.2) is 4.98 Å². The van der Waals surface area contributed by atoms with E-state index in [0.29, 0.717) is 0 Å². The second-order valence-corrected chi connectivity index (χ2v) is 3.76. The molecule has 0 saturated heterocycles. The van der Waals surface area contributed by atoms with Gasteiger partial charge in [0.15, 0.2) is 6.39 Å². The minimum atomic E-state index is -0.0544. The van der Waals surface area contributed by atoms with Crippen molar-refractivity contribution in [3.63, 3.8) is 0 Å². The molecule has 3 nitrogen and oxygen atoms in total. The van der Waals surface area contributed by atoms with Gasteiger partial charge < -0.3 is 10.2 Å². The molecule has 0 aromatic carbocycles. The molecule has 1 unspecified atom stereocenters. The zero-order chi connectivity index (χ0) is 8.48. The van der Waals surface area contributed by atoms with Crippen LogP contribution in [0.25, 0.3) is 0 Å². The first-order chi connectivity index (χ1) is 5.02. The van der Waals surface area contributed by atoms with Gasteiger partial charge in [0.25, 0.3) is 0 Å². The van der Waals surface area contributed by atoms with Crippen molar-refractivity contribution >= 4 is 0 Å². The predicted octanol–water partition coefficient (Wildman–Crippen LogP) is 1.72. The molecule has 1 heterocycles. The summed E-state index contributed by atoms with van der Waals surface area (Å²) >= 11 is 0. The molecule has 0 spiro atoms. The Morgan fingerprint density at radius 3 is 2.55 bits per heavy atom. The van der Waals surface area contributed by atoms with Crippen molar-refractivity contribution in [3.8, 4) is 0 Å². The lowest BCUT2D eigenvalue weighted by molar-refractivity contribution is 0.321. The van der Waals surface area contributed by atoms with Crippen LogP contribution in [0.5, 0.6) is 0 Å². The van der Waals surface area contributed by atoms with Gasteiger partial charge in [-0.2, -0.15) is 0 Å². The fourth-order valence-corrected chi connectivity index (χ4v) is 0.819. The van der Waals surface area contributed by atoms with E-state index < -0.39 is 0 Å². The number of nitrogens with zero attached hydrogens (tertiary/aromatic N) is 1. The van der Waals surface area contributed by atoms with Gasteiger partial charge in [-0.05, 0) is 5.41 Å². The first-order valence-electron chi connectivity index (χ1n) is 3.65. The van der Waals surface area contributed by atoms with E-state index in [4.69, 9.17) is 10.2 Å². The van der Waals surface area contributed by atoms with Gasteiger partial charge in [-0.3, -0.25) is 0 Å². The largest absolute Gasteiger partial charge is 0.451 e. The maximum Gasteiger partial charge on any atom is 0.180 e. The first-order valence-corrected chi connectivity index (χ1v) is 3.65. The molecule has 0 saturated carbocycles. The van der Waals surface area contributed by atoms with Crippen molar-refractivity contribution in [2.45, 2.75) is 26.8 Å². The van der Waals surface area contributed by atoms with Crippen LogP contribution < -0.4 is 5.73 Å². The molecule has 1 atom stereocenters. The molecule has 1 aromatic rings. The highest BCUT2D eigenvalue weighted by atomic mass is 16.3. The third-order valence-electron chi connectivity index (χ3n) is 1.70. The van der Waals surface area contributed by atoms with E-state index in [9.17, 15) is 0 Å². The maximum atomic E-state index is 5.89. The van der Waals surface area contributed by atoms with Gasteiger partial charge in [0, 0.05) is 0 Å². The number of hydrogen-bond acceptors (Lipinski definition) is 3. The minimum absolute atomic E-state index is 0.0386. The van der Waals surface area contributed by atoms with E-state index in [2.05, 4.69) is 25.8 Å². The van der Waals surface area contributed by atoms with E-state index in [0.717, 1.165) is 5.69 Å². The Morgan fingerprint density at radius 1 is 1.55 bits per heavy atom. The smallest absolute Gasteiger partial charge is 0.180 e. The zero-order valence-corrected chi connectivity index (χ0v) is 7.16. The fraction of sp³-hybridized carbons (Fsp3) is 0.625. The van der Waals surface area contributed by atoms with Crippen molar-refractivity contribution < 1.29 is 4.42 Å². The molecule has 0 amide bonds. The van der Waals surface area contributed by atoms with Crippen LogP contribution in [-0.2, 0) is 0 Å². The van der Waals surface area contributed by atoms with Gasteiger partial charge in [-0.1, -0.05) is 20.8 Å². The Morgan fingerprint density at radius 2 is 2.18 bits per heavy atom. The third kappa shape index (κ3) is 1.80. The van der Waals surface area contributed by atoms with Gasteiger partial charge >= 0.3 is 0 Å². The summed E-state index contributed by atoms with van der Waals surface area (Å²) < 4.78 is 4.84. The molecule has 0 aliphatic rings. The molecule has 0 aliphatic heterocycles. The number of oxazole rings is 1. The van der Waals surface area contributed by atoms with Crippen molar-refractivity contribution in [3.05, 3.63) is 18.4 Å². The van der Waals surface area contributed by atoms with E-state index in [1.807, 2.05) is 0 Å². The highest BCUT2D eigenvalue weighted by Crippen LogP contribution is 2.28. The molecular formula is C8H14N2O. The van der Waals surface area contributed by atoms with Crippen LogP contribution in [0.2, 0.25) is 0 Å². The van der Waals surface area contributed by atoms with Crippen molar-refractivity contribution in [2.75, 3.05) is 0 Å². The fourth-order valence-electron chi connectivity index (χ4n) is 0.819. The van der Waals surface area contributed by atoms with Crippen molar-refractivity contribution in [1.82, 2.24) is 4.98 Å². The quantitative estimate of drug-likeness (QED) is 0.670. The summed E-state index contributed by atoms with van der Waals surface area (Å²) in [5, 5.41) is 0. The molecule has 0 bridgehead atoms. The Labute approximate surface area is 66.6 Å². The van der Waals surface area contributed by atoms with Gasteiger partial charge in [0.05, 0.1) is 11.7 Å². The highest BCUT2D eigenvalue weighted by molar-refractivity contribution is 5.02. The van der Waals surface area contributed by atoms with Crippen LogP contribution in [0.4, 0.5) is 0 Å². The maximum absolute atomic E-state index is 5.89. The van der Waals surface area contributed by atoms with Crippen LogP contribution in [0.3, 0.4) is 0 Å². The van der Waals surface area contributed by atoms with Crippen LogP contribution in [0.15, 0.2) is 17.1 Å². The van der Waals surface area contributed by atoms with Gasteiger partial charge in [0.1, 0.15) is 6.26 Å². The Bertz CT molecular complexity index is 210. The molecule has 3 heteroatoms. The summed E-state index contributed by atoms with van der Waals surface area (Å²) in [7, 11) is 0. The Kier molecular flexibility index (Phi) is 2.00. The molecule has 62 valence electrons. The molecule has 1 aromatic heterocycles. The molecule has 1 rings (SSSR count). The summed E-state index contributed by atoms with van der Waals surface area (Å²) in [4.78, 5) is 3.99. The highest BCUT2D eigenvalue weighted by Gasteiger charge is 2.23. The van der Waals surface area contributed by atoms with Gasteiger partial charge in [-0.15, -0.1) is 0 Å². The number of aromatic nitrogens is 1. The van der Waals surface area contributed by atoms with E-state index >= 15 is 0 Å². The predicted molar refractivity (Wildman–Crippen MR) is 42.9 cm³/mol. The lowest BCUT2D eigenvalue weighted by Crippen LogP contribution is -2.26. The standard InChI is InChI=1S/C8H14N2O/c1-8(2,3)7(9)6-4-11-5-10-6/h4-5,7H,9H2,1-3H3. The Balaban J connectivity index is 2.78. The van der Waals surface area contributed by atoms with E-state index in [1.165, 1.54) is 6.39 Å². The second kappa shape index (κ2) is 2.66. The third-order valence-corrected chi connectivity index (χ3v) is 1.70. The minimum Gasteiger partial charge on any atom is -0.451 e. The first kappa shape index (κ1) is 8.27. The molecule has 0 fully saturated rings. The molecule has 11 heavy (non-hydrogen) atoms. The van der Waals surface area contributed by atoms with Crippen molar-refractivity contribution in [1.29, 1.82) is 0 Å². The average Bonchev–Trinajstić information content (AvgIpc) is 2.34. The normalized spacial score (nSPS) is 14.9. The summed E-state index contributed by atoms with van der Waals surface area (Å²) in [6.45, 7) is 6.23. The zero-order valence-electron chi connectivity index (χ0n) is 7.16. The van der Waals surface area contributed by atoms with Crippen LogP contribution in [0.1, 0.15) is 32.5 Å². The lowest BCUT2D eigenvalue weighted by atomic mass is 9.86. The molecular weight excluding hydrogens is 140 g/mol. The molecule has 0 aliphatic carbocycles. The van der Waals surface area contributed by atoms with E-state index in [-0.39, 0.29) is 11.5 Å². The van der Waals surface area contributed by atoms with Crippen LogP contribution in [-0.4, -0.2) is 4.98 Å². The second-order valence-electron chi connectivity index (χ2n) is 3.76. The van der Waals surface area contributed by atoms with Crippen molar-refractivity contribution in [2.24, 2.45) is 11.1 Å². The molecule has 0 radical (unpaired) electrons. The Hall–Kier alpha value is -0.830. The van der Waals surface area contributed by atoms with Crippen LogP contribution >= 0.6 is 0 Å². The van der Waals surface area contributed by atoms with E-state index in [1.54, 1.807) is 6.26 Å². The topological polar surface area (TPSA) is 52.0 Å². The summed E-state index contributed by atoms with van der Waals surface area (Å²) in [5.74, 6) is 0. The number of hydrogen-bond donors (Lipinski definition) is 1. The monoisotopic (exact) mass is 154 g/mol. The number of nitrogens with two attached hydrogens (primary N) is 1. The van der Waals surface area contributed by atoms with Crippen LogP contribution in [0, 0.1) is 5.41 Å². The average molecular weight is 154 g/mol. The summed E-state index contributed by atoms with van der Waals surface area (Å²) in [5.41, 5.74) is 6.75.